The fourth-order valence-corrected chi connectivity index (χ4v) is 5.26. The molecule has 0 aliphatic carbocycles. The van der Waals surface area contributed by atoms with Crippen LogP contribution in [0, 0.1) is 0 Å². The number of amidine groups is 1. The normalized spacial score (nSPS) is 16.2. The fraction of sp³-hybridized carbons (Fsp3) is 0.280. The predicted octanol–water partition coefficient (Wildman–Crippen LogP) is 3.76. The SMILES string of the molecule is CCCCC(N=C1NS(=O)(=O)c2ccccc21)C(=O)NCc1c(OC)ccc2ccccc12. The van der Waals surface area contributed by atoms with Crippen LogP contribution in [-0.4, -0.2) is 33.3 Å². The number of unbranched alkanes of at least 4 members (excludes halogenated alkanes) is 1. The Bertz CT molecular complexity index is 1320. The lowest BCUT2D eigenvalue weighted by molar-refractivity contribution is -0.122. The van der Waals surface area contributed by atoms with E-state index < -0.39 is 16.1 Å². The molecule has 1 unspecified atom stereocenters. The van der Waals surface area contributed by atoms with Crippen molar-refractivity contribution in [2.75, 3.05) is 7.11 Å². The first-order chi connectivity index (χ1) is 15.9. The molecule has 3 aromatic rings. The molecule has 1 aliphatic rings. The van der Waals surface area contributed by atoms with E-state index in [1.165, 1.54) is 6.07 Å². The molecule has 0 saturated heterocycles. The van der Waals surface area contributed by atoms with Crippen LogP contribution in [0.25, 0.3) is 10.8 Å². The highest BCUT2D eigenvalue weighted by Gasteiger charge is 2.31. The second kappa shape index (κ2) is 9.62. The van der Waals surface area contributed by atoms with Gasteiger partial charge in [0.1, 0.15) is 17.6 Å². The first kappa shape index (κ1) is 22.8. The maximum absolute atomic E-state index is 13.2. The number of nitrogens with one attached hydrogen (secondary N) is 2. The zero-order valence-corrected chi connectivity index (χ0v) is 19.5. The van der Waals surface area contributed by atoms with E-state index in [1.807, 2.05) is 43.3 Å². The van der Waals surface area contributed by atoms with Gasteiger partial charge in [-0.1, -0.05) is 62.2 Å². The van der Waals surface area contributed by atoms with Crippen LogP contribution in [0.2, 0.25) is 0 Å². The van der Waals surface area contributed by atoms with Gasteiger partial charge >= 0.3 is 0 Å². The third-order valence-electron chi connectivity index (χ3n) is 5.74. The molecule has 33 heavy (non-hydrogen) atoms. The van der Waals surface area contributed by atoms with Crippen LogP contribution in [0.15, 0.2) is 70.6 Å². The summed E-state index contributed by atoms with van der Waals surface area (Å²) in [5.74, 6) is 0.655. The minimum absolute atomic E-state index is 0.180. The third-order valence-corrected chi connectivity index (χ3v) is 7.14. The quantitative estimate of drug-likeness (QED) is 0.529. The standard InChI is InChI=1S/C25H27N3O4S/c1-3-4-12-21(27-24-19-11-7-8-13-23(19)33(30,31)28-24)25(29)26-16-20-18-10-6-5-9-17(18)14-15-22(20)32-2/h5-11,13-15,21H,3-4,12,16H2,1-2H3,(H,26,29)(H,27,28). The Morgan fingerprint density at radius 1 is 1.09 bits per heavy atom. The first-order valence-corrected chi connectivity index (χ1v) is 12.4. The molecule has 0 bridgehead atoms. The van der Waals surface area contributed by atoms with Crippen molar-refractivity contribution in [1.29, 1.82) is 0 Å². The highest BCUT2D eigenvalue weighted by Crippen LogP contribution is 2.28. The maximum atomic E-state index is 13.2. The number of carbonyl (C=O) groups excluding carboxylic acids is 1. The van der Waals surface area contributed by atoms with Crippen molar-refractivity contribution in [2.24, 2.45) is 4.99 Å². The van der Waals surface area contributed by atoms with Crippen molar-refractivity contribution in [2.45, 2.75) is 43.7 Å². The number of sulfonamides is 1. The lowest BCUT2D eigenvalue weighted by Gasteiger charge is -2.16. The van der Waals surface area contributed by atoms with Crippen LogP contribution in [0.3, 0.4) is 0 Å². The van der Waals surface area contributed by atoms with Gasteiger partial charge in [0.05, 0.1) is 12.0 Å². The summed E-state index contributed by atoms with van der Waals surface area (Å²) in [6, 6.07) is 17.7. The summed E-state index contributed by atoms with van der Waals surface area (Å²) in [5, 5.41) is 5.05. The number of rotatable bonds is 8. The first-order valence-electron chi connectivity index (χ1n) is 11.0. The summed E-state index contributed by atoms with van der Waals surface area (Å²) < 4.78 is 32.9. The number of aliphatic imine (C=N–C) groups is 1. The van der Waals surface area contributed by atoms with Gasteiger partial charge in [-0.3, -0.25) is 14.5 Å². The molecule has 2 N–H and O–H groups in total. The largest absolute Gasteiger partial charge is 0.496 e. The zero-order chi connectivity index (χ0) is 23.4. The Morgan fingerprint density at radius 2 is 1.85 bits per heavy atom. The van der Waals surface area contributed by atoms with Gasteiger partial charge in [0.25, 0.3) is 10.0 Å². The van der Waals surface area contributed by atoms with Crippen molar-refractivity contribution >= 4 is 32.5 Å². The molecule has 1 amide bonds. The van der Waals surface area contributed by atoms with E-state index >= 15 is 0 Å². The summed E-state index contributed by atoms with van der Waals surface area (Å²) >= 11 is 0. The second-order valence-corrected chi connectivity index (χ2v) is 9.57. The van der Waals surface area contributed by atoms with E-state index in [0.717, 1.165) is 29.2 Å². The summed E-state index contributed by atoms with van der Waals surface area (Å²) in [5.41, 5.74) is 1.38. The van der Waals surface area contributed by atoms with Crippen molar-refractivity contribution in [3.8, 4) is 5.75 Å². The third kappa shape index (κ3) is 4.71. The van der Waals surface area contributed by atoms with E-state index in [1.54, 1.807) is 25.3 Å². The number of carbonyl (C=O) groups is 1. The van der Waals surface area contributed by atoms with Gasteiger partial charge in [-0.25, -0.2) is 8.42 Å². The predicted molar refractivity (Wildman–Crippen MR) is 129 cm³/mol. The molecular formula is C25H27N3O4S. The van der Waals surface area contributed by atoms with E-state index in [9.17, 15) is 13.2 Å². The average Bonchev–Trinajstić information content (AvgIpc) is 3.09. The number of amides is 1. The molecule has 8 heteroatoms. The molecular weight excluding hydrogens is 438 g/mol. The van der Waals surface area contributed by atoms with Crippen LogP contribution in [0.4, 0.5) is 0 Å². The summed E-state index contributed by atoms with van der Waals surface area (Å²) in [4.78, 5) is 17.9. The molecule has 7 nitrogen and oxygen atoms in total. The van der Waals surface area contributed by atoms with Crippen LogP contribution in [-0.2, 0) is 21.4 Å². The number of fused-ring (bicyclic) bond motifs is 2. The summed E-state index contributed by atoms with van der Waals surface area (Å²) in [6.07, 6.45) is 2.21. The highest BCUT2D eigenvalue weighted by molar-refractivity contribution is 7.90. The van der Waals surface area contributed by atoms with Crippen molar-refractivity contribution in [3.05, 3.63) is 71.8 Å². The Hall–Kier alpha value is -3.39. The van der Waals surface area contributed by atoms with E-state index in [-0.39, 0.29) is 23.2 Å². The zero-order valence-electron chi connectivity index (χ0n) is 18.7. The topological polar surface area (TPSA) is 96.9 Å². The average molecular weight is 466 g/mol. The van der Waals surface area contributed by atoms with Crippen LogP contribution in [0.5, 0.6) is 5.75 Å². The number of nitrogens with zero attached hydrogens (tertiary/aromatic N) is 1. The highest BCUT2D eigenvalue weighted by atomic mass is 32.2. The number of benzene rings is 3. The Balaban J connectivity index is 1.61. The molecule has 0 fully saturated rings. The minimum Gasteiger partial charge on any atom is -0.496 e. The minimum atomic E-state index is -3.66. The van der Waals surface area contributed by atoms with Crippen molar-refractivity contribution in [1.82, 2.24) is 10.0 Å². The molecule has 0 spiro atoms. The number of hydrogen-bond donors (Lipinski definition) is 2. The van der Waals surface area contributed by atoms with Gasteiger partial charge in [-0.05, 0) is 35.4 Å². The van der Waals surface area contributed by atoms with Gasteiger partial charge < -0.3 is 10.1 Å². The Morgan fingerprint density at radius 3 is 2.64 bits per heavy atom. The molecule has 1 atom stereocenters. The second-order valence-electron chi connectivity index (χ2n) is 7.92. The lowest BCUT2D eigenvalue weighted by atomic mass is 10.0. The molecule has 0 aromatic heterocycles. The monoisotopic (exact) mass is 465 g/mol. The summed E-state index contributed by atoms with van der Waals surface area (Å²) in [7, 11) is -2.06. The van der Waals surface area contributed by atoms with E-state index in [2.05, 4.69) is 15.0 Å². The van der Waals surface area contributed by atoms with Crippen LogP contribution < -0.4 is 14.8 Å². The summed E-state index contributed by atoms with van der Waals surface area (Å²) in [6.45, 7) is 2.32. The van der Waals surface area contributed by atoms with E-state index in [4.69, 9.17) is 4.74 Å². The number of hydrogen-bond acceptors (Lipinski definition) is 5. The molecule has 172 valence electrons. The molecule has 4 rings (SSSR count). The Labute approximate surface area is 193 Å². The maximum Gasteiger partial charge on any atom is 0.263 e. The van der Waals surface area contributed by atoms with Crippen LogP contribution in [0.1, 0.15) is 37.3 Å². The lowest BCUT2D eigenvalue weighted by Crippen LogP contribution is -2.35. The van der Waals surface area contributed by atoms with Gasteiger partial charge in [0.15, 0.2) is 0 Å². The molecule has 3 aromatic carbocycles. The molecule has 0 radical (unpaired) electrons. The molecule has 1 aliphatic heterocycles. The number of ether oxygens (including phenoxy) is 1. The fourth-order valence-electron chi connectivity index (χ4n) is 4.02. The smallest absolute Gasteiger partial charge is 0.263 e. The van der Waals surface area contributed by atoms with Gasteiger partial charge in [-0.2, -0.15) is 0 Å². The van der Waals surface area contributed by atoms with E-state index in [0.29, 0.717) is 17.7 Å². The van der Waals surface area contributed by atoms with Gasteiger partial charge in [-0.15, -0.1) is 0 Å². The van der Waals surface area contributed by atoms with Crippen molar-refractivity contribution in [3.63, 3.8) is 0 Å². The van der Waals surface area contributed by atoms with Crippen molar-refractivity contribution < 1.29 is 17.9 Å². The molecule has 0 saturated carbocycles. The van der Waals surface area contributed by atoms with Gasteiger partial charge in [0.2, 0.25) is 5.91 Å². The van der Waals surface area contributed by atoms with Crippen LogP contribution >= 0.6 is 0 Å². The number of methoxy groups -OCH3 is 1. The van der Waals surface area contributed by atoms with Gasteiger partial charge in [0, 0.05) is 17.7 Å². The Kier molecular flexibility index (Phi) is 6.65. The molecule has 1 heterocycles.